The third kappa shape index (κ3) is 4.80. The second-order valence-corrected chi connectivity index (χ2v) is 11.7. The van der Waals surface area contributed by atoms with Crippen LogP contribution < -0.4 is 0 Å². The molecule has 8 rings (SSSR count). The van der Waals surface area contributed by atoms with Gasteiger partial charge in [0.25, 0.3) is 0 Å². The van der Waals surface area contributed by atoms with E-state index in [1.165, 1.54) is 37.9 Å². The van der Waals surface area contributed by atoms with Gasteiger partial charge in [0.2, 0.25) is 0 Å². The van der Waals surface area contributed by atoms with Gasteiger partial charge in [0.15, 0.2) is 5.82 Å². The van der Waals surface area contributed by atoms with E-state index < -0.39 is 0 Å². The van der Waals surface area contributed by atoms with Gasteiger partial charge in [-0.05, 0) is 51.6 Å². The molecule has 3 heteroatoms. The third-order valence-corrected chi connectivity index (χ3v) is 9.08. The summed E-state index contributed by atoms with van der Waals surface area (Å²) < 4.78 is 2.33. The SMILES string of the molecule is c1ccc(-c2ccc(-c3cccc(-c4nc(-c5cccc(-c6ccccc6)c5)c5sc6ccccc6c5n4)c3)cc2)cc1. The molecule has 0 spiro atoms. The lowest BCUT2D eigenvalue weighted by Gasteiger charge is -2.10. The van der Waals surface area contributed by atoms with Crippen molar-refractivity contribution in [1.29, 1.82) is 0 Å². The van der Waals surface area contributed by atoms with Crippen LogP contribution in [0.3, 0.4) is 0 Å². The molecule has 0 unspecified atom stereocenters. The number of nitrogens with zero attached hydrogens (tertiary/aromatic N) is 2. The van der Waals surface area contributed by atoms with E-state index in [0.29, 0.717) is 0 Å². The zero-order valence-electron chi connectivity index (χ0n) is 23.3. The molecule has 0 radical (unpaired) electrons. The quantitative estimate of drug-likeness (QED) is 0.207. The van der Waals surface area contributed by atoms with Gasteiger partial charge in [0.1, 0.15) is 0 Å². The molecule has 2 heterocycles. The van der Waals surface area contributed by atoms with E-state index in [-0.39, 0.29) is 0 Å². The summed E-state index contributed by atoms with van der Waals surface area (Å²) in [6.45, 7) is 0. The second-order valence-electron chi connectivity index (χ2n) is 10.6. The Morgan fingerprint density at radius 3 is 1.56 bits per heavy atom. The van der Waals surface area contributed by atoms with Crippen molar-refractivity contribution < 1.29 is 0 Å². The summed E-state index contributed by atoms with van der Waals surface area (Å²) in [7, 11) is 0. The molecule has 8 aromatic rings. The summed E-state index contributed by atoms with van der Waals surface area (Å²) in [5, 5.41) is 1.17. The molecular weight excluding hydrogens is 541 g/mol. The molecule has 0 aliphatic rings. The predicted molar refractivity (Wildman–Crippen MR) is 182 cm³/mol. The normalized spacial score (nSPS) is 11.3. The van der Waals surface area contributed by atoms with Crippen molar-refractivity contribution in [2.45, 2.75) is 0 Å². The lowest BCUT2D eigenvalue weighted by molar-refractivity contribution is 1.24. The van der Waals surface area contributed by atoms with Crippen LogP contribution >= 0.6 is 11.3 Å². The van der Waals surface area contributed by atoms with Crippen LogP contribution in [0.2, 0.25) is 0 Å². The van der Waals surface area contributed by atoms with Crippen LogP contribution in [0.5, 0.6) is 0 Å². The van der Waals surface area contributed by atoms with Gasteiger partial charge < -0.3 is 0 Å². The molecule has 0 fully saturated rings. The van der Waals surface area contributed by atoms with Crippen LogP contribution in [0, 0.1) is 0 Å². The molecular formula is C40H26N2S. The molecule has 0 aliphatic carbocycles. The van der Waals surface area contributed by atoms with Crippen molar-refractivity contribution in [1.82, 2.24) is 9.97 Å². The first-order chi connectivity index (χ1) is 21.3. The van der Waals surface area contributed by atoms with Gasteiger partial charge in [-0.1, -0.05) is 140 Å². The van der Waals surface area contributed by atoms with Gasteiger partial charge in [-0.3, -0.25) is 0 Å². The monoisotopic (exact) mass is 566 g/mol. The van der Waals surface area contributed by atoms with Crippen LogP contribution in [0.25, 0.3) is 76.3 Å². The van der Waals surface area contributed by atoms with Crippen LogP contribution in [0.15, 0.2) is 158 Å². The topological polar surface area (TPSA) is 25.8 Å². The Bertz CT molecular complexity index is 2220. The number of hydrogen-bond donors (Lipinski definition) is 0. The first-order valence-electron chi connectivity index (χ1n) is 14.4. The van der Waals surface area contributed by atoms with Crippen LogP contribution in [-0.2, 0) is 0 Å². The fourth-order valence-corrected chi connectivity index (χ4v) is 6.87. The van der Waals surface area contributed by atoms with Gasteiger partial charge in [0, 0.05) is 21.2 Å². The fourth-order valence-electron chi connectivity index (χ4n) is 5.72. The molecule has 2 aromatic heterocycles. The molecule has 6 aromatic carbocycles. The van der Waals surface area contributed by atoms with Crippen molar-refractivity contribution in [3.63, 3.8) is 0 Å². The maximum atomic E-state index is 5.26. The first kappa shape index (κ1) is 25.3. The molecule has 0 aliphatic heterocycles. The zero-order chi connectivity index (χ0) is 28.6. The highest BCUT2D eigenvalue weighted by atomic mass is 32.1. The van der Waals surface area contributed by atoms with E-state index in [9.17, 15) is 0 Å². The van der Waals surface area contributed by atoms with Crippen LogP contribution in [0.1, 0.15) is 0 Å². The van der Waals surface area contributed by atoms with E-state index in [1.807, 2.05) is 6.07 Å². The Labute approximate surface area is 254 Å². The summed E-state index contributed by atoms with van der Waals surface area (Å²) >= 11 is 1.76. The molecule has 0 bridgehead atoms. The molecule has 0 amide bonds. The van der Waals surface area contributed by atoms with E-state index in [1.54, 1.807) is 11.3 Å². The highest BCUT2D eigenvalue weighted by Crippen LogP contribution is 2.40. The molecule has 0 N–H and O–H groups in total. The summed E-state index contributed by atoms with van der Waals surface area (Å²) in [4.78, 5) is 10.4. The first-order valence-corrected chi connectivity index (χ1v) is 15.2. The summed E-state index contributed by atoms with van der Waals surface area (Å²) in [5.41, 5.74) is 11.2. The number of thiophene rings is 1. The van der Waals surface area contributed by atoms with Crippen molar-refractivity contribution in [3.05, 3.63) is 158 Å². The summed E-state index contributed by atoms with van der Waals surface area (Å²) in [5.74, 6) is 0.735. The summed E-state index contributed by atoms with van der Waals surface area (Å²) in [6.07, 6.45) is 0. The lowest BCUT2D eigenvalue weighted by atomic mass is 9.99. The summed E-state index contributed by atoms with van der Waals surface area (Å²) in [6, 6.07) is 55.6. The minimum atomic E-state index is 0.735. The van der Waals surface area contributed by atoms with E-state index in [0.717, 1.165) is 38.4 Å². The van der Waals surface area contributed by atoms with Crippen LogP contribution in [-0.4, -0.2) is 9.97 Å². The van der Waals surface area contributed by atoms with E-state index >= 15 is 0 Å². The maximum Gasteiger partial charge on any atom is 0.160 e. The highest BCUT2D eigenvalue weighted by molar-refractivity contribution is 7.26. The van der Waals surface area contributed by atoms with Crippen LogP contribution in [0.4, 0.5) is 0 Å². The lowest BCUT2D eigenvalue weighted by Crippen LogP contribution is -1.94. The van der Waals surface area contributed by atoms with E-state index in [4.69, 9.17) is 9.97 Å². The fraction of sp³-hybridized carbons (Fsp3) is 0. The largest absolute Gasteiger partial charge is 0.226 e. The smallest absolute Gasteiger partial charge is 0.160 e. The van der Waals surface area contributed by atoms with Crippen molar-refractivity contribution in [2.75, 3.05) is 0 Å². The van der Waals surface area contributed by atoms with Gasteiger partial charge in [-0.2, -0.15) is 0 Å². The molecule has 2 nitrogen and oxygen atoms in total. The average Bonchev–Trinajstić information content (AvgIpc) is 3.48. The Balaban J connectivity index is 1.26. The van der Waals surface area contributed by atoms with Gasteiger partial charge in [-0.25, -0.2) is 9.97 Å². The van der Waals surface area contributed by atoms with E-state index in [2.05, 4.69) is 152 Å². The molecule has 43 heavy (non-hydrogen) atoms. The molecule has 0 saturated heterocycles. The van der Waals surface area contributed by atoms with Crippen molar-refractivity contribution in [2.24, 2.45) is 0 Å². The average molecular weight is 567 g/mol. The highest BCUT2D eigenvalue weighted by Gasteiger charge is 2.17. The Hall–Kier alpha value is -5.38. The van der Waals surface area contributed by atoms with Crippen molar-refractivity contribution in [3.8, 4) is 56.0 Å². The Kier molecular flexibility index (Phi) is 6.36. The standard InChI is InChI=1S/C40H26N2S/c1-3-11-27(12-4-1)29-21-23-30(24-22-29)32-16-10-18-34(26-32)40-41-37(39-38(42-40)35-19-7-8-20-36(35)43-39)33-17-9-15-31(25-33)28-13-5-2-6-14-28/h1-26H. The number of aromatic nitrogens is 2. The minimum absolute atomic E-state index is 0.735. The van der Waals surface area contributed by atoms with Crippen molar-refractivity contribution >= 4 is 31.6 Å². The Morgan fingerprint density at radius 1 is 0.372 bits per heavy atom. The van der Waals surface area contributed by atoms with Gasteiger partial charge in [-0.15, -0.1) is 11.3 Å². The van der Waals surface area contributed by atoms with Gasteiger partial charge in [0.05, 0.1) is 15.9 Å². The second kappa shape index (κ2) is 10.8. The predicted octanol–water partition coefficient (Wildman–Crippen LogP) is 11.2. The van der Waals surface area contributed by atoms with Gasteiger partial charge >= 0.3 is 0 Å². The number of rotatable bonds is 5. The number of benzene rings is 6. The molecule has 202 valence electrons. The number of hydrogen-bond acceptors (Lipinski definition) is 3. The maximum absolute atomic E-state index is 5.26. The Morgan fingerprint density at radius 2 is 0.860 bits per heavy atom. The molecule has 0 saturated carbocycles. The zero-order valence-corrected chi connectivity index (χ0v) is 24.1. The third-order valence-electron chi connectivity index (χ3n) is 7.91. The number of fused-ring (bicyclic) bond motifs is 3. The minimum Gasteiger partial charge on any atom is -0.226 e. The molecule has 0 atom stereocenters.